The zero-order chi connectivity index (χ0) is 13.9. The molecule has 0 aliphatic carbocycles. The summed E-state index contributed by atoms with van der Waals surface area (Å²) in [5.74, 6) is -2.27. The number of hydrogen-bond acceptors (Lipinski definition) is 6. The van der Waals surface area contributed by atoms with Crippen LogP contribution in [0.25, 0.3) is 0 Å². The number of esters is 1. The standard InChI is InChI=1S/C9H12N4O5/c1-3-18-9(15)5(2)12-4-6(7(10)14)8(11-12)13(16)17/h4-5H,3H2,1-2H3,(H2,10,14). The quantitative estimate of drug-likeness (QED) is 0.448. The zero-order valence-electron chi connectivity index (χ0n) is 9.82. The minimum Gasteiger partial charge on any atom is -0.464 e. The maximum atomic E-state index is 11.4. The van der Waals surface area contributed by atoms with Crippen molar-refractivity contribution in [3.63, 3.8) is 0 Å². The maximum absolute atomic E-state index is 11.4. The molecule has 1 unspecified atom stereocenters. The predicted octanol–water partition coefficient (Wildman–Crippen LogP) is 0.0143. The number of nitro groups is 1. The van der Waals surface area contributed by atoms with Crippen molar-refractivity contribution in [1.29, 1.82) is 0 Å². The summed E-state index contributed by atoms with van der Waals surface area (Å²) in [5, 5.41) is 14.2. The summed E-state index contributed by atoms with van der Waals surface area (Å²) in [7, 11) is 0. The van der Waals surface area contributed by atoms with Crippen LogP contribution >= 0.6 is 0 Å². The van der Waals surface area contributed by atoms with Crippen LogP contribution in [0.2, 0.25) is 0 Å². The first-order valence-corrected chi connectivity index (χ1v) is 5.08. The lowest BCUT2D eigenvalue weighted by molar-refractivity contribution is -0.390. The molecule has 0 saturated carbocycles. The van der Waals surface area contributed by atoms with Crippen LogP contribution in [-0.4, -0.2) is 33.2 Å². The molecule has 1 aromatic rings. The lowest BCUT2D eigenvalue weighted by Crippen LogP contribution is -2.19. The van der Waals surface area contributed by atoms with Crippen LogP contribution in [0.5, 0.6) is 0 Å². The first-order valence-electron chi connectivity index (χ1n) is 5.08. The Morgan fingerprint density at radius 3 is 2.67 bits per heavy atom. The second-order valence-electron chi connectivity index (χ2n) is 3.40. The van der Waals surface area contributed by atoms with Gasteiger partial charge in [-0.25, -0.2) is 4.79 Å². The van der Waals surface area contributed by atoms with Crippen LogP contribution in [0.3, 0.4) is 0 Å². The van der Waals surface area contributed by atoms with Crippen molar-refractivity contribution in [3.8, 4) is 0 Å². The molecular formula is C9H12N4O5. The number of nitrogens with two attached hydrogens (primary N) is 1. The first-order chi connectivity index (χ1) is 8.38. The molecule has 9 heteroatoms. The third-order valence-electron chi connectivity index (χ3n) is 2.18. The van der Waals surface area contributed by atoms with Crippen LogP contribution in [-0.2, 0) is 9.53 Å². The van der Waals surface area contributed by atoms with E-state index in [1.165, 1.54) is 6.92 Å². The SMILES string of the molecule is CCOC(=O)C(C)n1cc(C(N)=O)c([N+](=O)[O-])n1. The van der Waals surface area contributed by atoms with Gasteiger partial charge in [0.05, 0.1) is 17.9 Å². The summed E-state index contributed by atoms with van der Waals surface area (Å²) >= 11 is 0. The summed E-state index contributed by atoms with van der Waals surface area (Å²) in [6.45, 7) is 3.25. The van der Waals surface area contributed by atoms with E-state index in [2.05, 4.69) is 5.10 Å². The number of nitrogens with zero attached hydrogens (tertiary/aromatic N) is 3. The average molecular weight is 256 g/mol. The minimum absolute atomic E-state index is 0.176. The summed E-state index contributed by atoms with van der Waals surface area (Å²) in [6.07, 6.45) is 1.06. The van der Waals surface area contributed by atoms with Crippen LogP contribution in [0.4, 0.5) is 5.82 Å². The van der Waals surface area contributed by atoms with E-state index in [1.54, 1.807) is 6.92 Å². The van der Waals surface area contributed by atoms with Crippen molar-refractivity contribution < 1.29 is 19.2 Å². The topological polar surface area (TPSA) is 130 Å². The van der Waals surface area contributed by atoms with Crippen molar-refractivity contribution in [1.82, 2.24) is 9.78 Å². The molecule has 1 amide bonds. The van der Waals surface area contributed by atoms with Gasteiger partial charge in [0.2, 0.25) is 0 Å². The van der Waals surface area contributed by atoms with E-state index in [4.69, 9.17) is 10.5 Å². The highest BCUT2D eigenvalue weighted by molar-refractivity contribution is 5.96. The summed E-state index contributed by atoms with van der Waals surface area (Å²) in [4.78, 5) is 32.3. The van der Waals surface area contributed by atoms with Crippen molar-refractivity contribution in [3.05, 3.63) is 21.9 Å². The Bertz CT molecular complexity index is 464. The van der Waals surface area contributed by atoms with Crippen LogP contribution < -0.4 is 5.73 Å². The molecule has 0 aliphatic heterocycles. The Kier molecular flexibility index (Phi) is 3.97. The average Bonchev–Trinajstić information content (AvgIpc) is 2.73. The fourth-order valence-electron chi connectivity index (χ4n) is 1.26. The van der Waals surface area contributed by atoms with E-state index in [0.29, 0.717) is 0 Å². The Morgan fingerprint density at radius 1 is 1.67 bits per heavy atom. The van der Waals surface area contributed by atoms with E-state index in [0.717, 1.165) is 10.9 Å². The molecule has 18 heavy (non-hydrogen) atoms. The van der Waals surface area contributed by atoms with Gasteiger partial charge in [-0.1, -0.05) is 0 Å². The molecule has 1 aromatic heterocycles. The van der Waals surface area contributed by atoms with Gasteiger partial charge in [-0.2, -0.15) is 4.68 Å². The first kappa shape index (κ1) is 13.6. The summed E-state index contributed by atoms with van der Waals surface area (Å²) < 4.78 is 5.72. The normalized spacial score (nSPS) is 11.9. The molecule has 0 saturated heterocycles. The second kappa shape index (κ2) is 5.25. The minimum atomic E-state index is -0.982. The molecule has 0 aromatic carbocycles. The lowest BCUT2D eigenvalue weighted by Gasteiger charge is -2.06. The Labute approximate surface area is 102 Å². The third kappa shape index (κ3) is 2.62. The van der Waals surface area contributed by atoms with E-state index >= 15 is 0 Å². The van der Waals surface area contributed by atoms with Crippen LogP contribution in [0.15, 0.2) is 6.20 Å². The van der Waals surface area contributed by atoms with Gasteiger partial charge < -0.3 is 20.6 Å². The predicted molar refractivity (Wildman–Crippen MR) is 58.7 cm³/mol. The molecule has 9 nitrogen and oxygen atoms in total. The highest BCUT2D eigenvalue weighted by Crippen LogP contribution is 2.18. The number of amides is 1. The number of hydrogen-bond donors (Lipinski definition) is 1. The van der Waals surface area contributed by atoms with Gasteiger partial charge in [-0.15, -0.1) is 0 Å². The lowest BCUT2D eigenvalue weighted by atomic mass is 10.3. The largest absolute Gasteiger partial charge is 0.464 e. The molecule has 0 bridgehead atoms. The van der Waals surface area contributed by atoms with Crippen molar-refractivity contribution >= 4 is 17.7 Å². The highest BCUT2D eigenvalue weighted by atomic mass is 16.6. The van der Waals surface area contributed by atoms with Crippen molar-refractivity contribution in [2.45, 2.75) is 19.9 Å². The Morgan fingerprint density at radius 2 is 2.28 bits per heavy atom. The molecule has 0 radical (unpaired) electrons. The van der Waals surface area contributed by atoms with E-state index in [1.807, 2.05) is 0 Å². The van der Waals surface area contributed by atoms with Gasteiger partial charge in [0.1, 0.15) is 0 Å². The van der Waals surface area contributed by atoms with Gasteiger partial charge in [-0.3, -0.25) is 4.79 Å². The molecule has 0 fully saturated rings. The number of aromatic nitrogens is 2. The third-order valence-corrected chi connectivity index (χ3v) is 2.18. The summed E-state index contributed by atoms with van der Waals surface area (Å²) in [6, 6.07) is -0.878. The maximum Gasteiger partial charge on any atom is 0.402 e. The van der Waals surface area contributed by atoms with Gasteiger partial charge in [-0.05, 0) is 18.8 Å². The van der Waals surface area contributed by atoms with E-state index in [9.17, 15) is 19.7 Å². The number of carbonyl (C=O) groups excluding carboxylic acids is 2. The molecule has 1 heterocycles. The fraction of sp³-hybridized carbons (Fsp3) is 0.444. The molecule has 98 valence electrons. The van der Waals surface area contributed by atoms with E-state index in [-0.39, 0.29) is 12.2 Å². The zero-order valence-corrected chi connectivity index (χ0v) is 9.82. The second-order valence-corrected chi connectivity index (χ2v) is 3.40. The van der Waals surface area contributed by atoms with Crippen molar-refractivity contribution in [2.24, 2.45) is 5.73 Å². The number of primary amides is 1. The smallest absolute Gasteiger partial charge is 0.402 e. The Hall–Kier alpha value is -2.45. The fourth-order valence-corrected chi connectivity index (χ4v) is 1.26. The van der Waals surface area contributed by atoms with E-state index < -0.39 is 28.7 Å². The van der Waals surface area contributed by atoms with Gasteiger partial charge in [0, 0.05) is 0 Å². The number of ether oxygens (including phenoxy) is 1. The van der Waals surface area contributed by atoms with Gasteiger partial charge in [0.15, 0.2) is 11.6 Å². The molecule has 0 aliphatic rings. The number of rotatable bonds is 5. The molecular weight excluding hydrogens is 244 g/mol. The highest BCUT2D eigenvalue weighted by Gasteiger charge is 2.29. The van der Waals surface area contributed by atoms with Crippen LogP contribution in [0.1, 0.15) is 30.2 Å². The molecule has 1 atom stereocenters. The summed E-state index contributed by atoms with van der Waals surface area (Å²) in [5.41, 5.74) is 4.64. The van der Waals surface area contributed by atoms with Crippen LogP contribution in [0, 0.1) is 10.1 Å². The monoisotopic (exact) mass is 256 g/mol. The number of carbonyl (C=O) groups is 2. The molecule has 2 N–H and O–H groups in total. The van der Waals surface area contributed by atoms with Crippen molar-refractivity contribution in [2.75, 3.05) is 6.61 Å². The molecule has 0 spiro atoms. The Balaban J connectivity index is 3.12. The van der Waals surface area contributed by atoms with Gasteiger partial charge >= 0.3 is 11.8 Å². The molecule has 1 rings (SSSR count). The van der Waals surface area contributed by atoms with Gasteiger partial charge in [0.25, 0.3) is 5.91 Å².